The summed E-state index contributed by atoms with van der Waals surface area (Å²) in [5, 5.41) is 0. The fourth-order valence-electron chi connectivity index (χ4n) is 4.42. The number of amides is 1. The Bertz CT molecular complexity index is 1170. The Morgan fingerprint density at radius 1 is 1.09 bits per heavy atom. The number of rotatable bonds is 8. The maximum absolute atomic E-state index is 13.8. The minimum Gasteiger partial charge on any atom is -0.497 e. The molecule has 0 saturated carbocycles. The third-order valence-electron chi connectivity index (χ3n) is 5.98. The summed E-state index contributed by atoms with van der Waals surface area (Å²) in [4.78, 5) is 33.4. The summed E-state index contributed by atoms with van der Waals surface area (Å²) in [6, 6.07) is 12.4. The fourth-order valence-corrected chi connectivity index (χ4v) is 4.42. The Morgan fingerprint density at radius 3 is 2.58 bits per heavy atom. The number of aromatic nitrogens is 2. The molecule has 3 aromatic rings. The molecule has 8 nitrogen and oxygen atoms in total. The summed E-state index contributed by atoms with van der Waals surface area (Å²) < 4.78 is 18.4. The lowest BCUT2D eigenvalue weighted by molar-refractivity contribution is -0.153. The van der Waals surface area contributed by atoms with E-state index in [1.54, 1.807) is 38.2 Å². The van der Waals surface area contributed by atoms with Gasteiger partial charge in [-0.3, -0.25) is 14.5 Å². The molecule has 33 heavy (non-hydrogen) atoms. The zero-order valence-corrected chi connectivity index (χ0v) is 19.4. The molecule has 0 fully saturated rings. The van der Waals surface area contributed by atoms with Crippen molar-refractivity contribution in [3.63, 3.8) is 0 Å². The Kier molecular flexibility index (Phi) is 6.53. The van der Waals surface area contributed by atoms with Crippen LogP contribution in [0.5, 0.6) is 11.5 Å². The minimum atomic E-state index is -1.07. The fraction of sp³-hybridized carbons (Fsp3) is 0.400. The van der Waals surface area contributed by atoms with Crippen molar-refractivity contribution in [2.45, 2.75) is 32.7 Å². The van der Waals surface area contributed by atoms with Crippen LogP contribution in [-0.4, -0.2) is 48.8 Å². The predicted octanol–water partition coefficient (Wildman–Crippen LogP) is 3.97. The second kappa shape index (κ2) is 9.52. The first-order valence-corrected chi connectivity index (χ1v) is 11.2. The zero-order valence-electron chi connectivity index (χ0n) is 19.4. The van der Waals surface area contributed by atoms with Crippen LogP contribution in [0.15, 0.2) is 42.5 Å². The van der Waals surface area contributed by atoms with Gasteiger partial charge in [-0.2, -0.15) is 0 Å². The molecule has 2 aromatic carbocycles. The number of benzene rings is 2. The van der Waals surface area contributed by atoms with Crippen LogP contribution in [0, 0.1) is 5.92 Å². The minimum absolute atomic E-state index is 0.182. The van der Waals surface area contributed by atoms with Crippen molar-refractivity contribution in [1.82, 2.24) is 9.55 Å². The maximum atomic E-state index is 13.8. The number of methoxy groups -OCH3 is 2. The van der Waals surface area contributed by atoms with E-state index in [0.29, 0.717) is 29.6 Å². The van der Waals surface area contributed by atoms with Gasteiger partial charge in [0.05, 0.1) is 37.9 Å². The lowest BCUT2D eigenvalue weighted by Gasteiger charge is -2.38. The zero-order chi connectivity index (χ0) is 23.5. The van der Waals surface area contributed by atoms with Gasteiger partial charge in [-0.25, -0.2) is 4.98 Å². The van der Waals surface area contributed by atoms with Crippen molar-refractivity contribution in [2.24, 2.45) is 5.92 Å². The van der Waals surface area contributed by atoms with E-state index in [0.717, 1.165) is 23.9 Å². The Morgan fingerprint density at radius 2 is 1.88 bits per heavy atom. The van der Waals surface area contributed by atoms with Gasteiger partial charge in [-0.05, 0) is 37.6 Å². The summed E-state index contributed by atoms with van der Waals surface area (Å²) >= 11 is 0. The molecule has 0 spiro atoms. The van der Waals surface area contributed by atoms with Crippen molar-refractivity contribution >= 4 is 28.9 Å². The van der Waals surface area contributed by atoms with E-state index in [2.05, 4.69) is 6.92 Å². The van der Waals surface area contributed by atoms with Crippen LogP contribution in [0.3, 0.4) is 0 Å². The lowest BCUT2D eigenvalue weighted by Crippen LogP contribution is -2.50. The van der Waals surface area contributed by atoms with Gasteiger partial charge in [-0.1, -0.05) is 25.5 Å². The molecule has 1 aromatic heterocycles. The molecule has 0 unspecified atom stereocenters. The molecule has 1 amide bonds. The molecule has 8 heteroatoms. The number of carbonyl (C=O) groups is 2. The Balaban J connectivity index is 2.01. The van der Waals surface area contributed by atoms with Gasteiger partial charge in [0.2, 0.25) is 11.9 Å². The van der Waals surface area contributed by atoms with Gasteiger partial charge in [0.15, 0.2) is 5.92 Å². The molecule has 1 aliphatic heterocycles. The van der Waals surface area contributed by atoms with E-state index in [9.17, 15) is 9.59 Å². The first-order chi connectivity index (χ1) is 16.0. The van der Waals surface area contributed by atoms with E-state index in [1.165, 1.54) is 0 Å². The van der Waals surface area contributed by atoms with Crippen LogP contribution < -0.4 is 14.4 Å². The molecule has 0 bridgehead atoms. The molecular weight excluding hydrogens is 422 g/mol. The quantitative estimate of drug-likeness (QED) is 0.381. The van der Waals surface area contributed by atoms with Gasteiger partial charge in [0.25, 0.3) is 0 Å². The molecule has 174 valence electrons. The number of anilines is 1. The number of imidazole rings is 1. The average Bonchev–Trinajstić information content (AvgIpc) is 3.21. The normalized spacial score (nSPS) is 17.7. The van der Waals surface area contributed by atoms with Crippen LogP contribution in [0.2, 0.25) is 0 Å². The van der Waals surface area contributed by atoms with Crippen LogP contribution in [0.4, 0.5) is 5.95 Å². The monoisotopic (exact) mass is 451 g/mol. The Hall–Kier alpha value is -3.55. The van der Waals surface area contributed by atoms with Crippen LogP contribution in [0.1, 0.15) is 38.3 Å². The largest absolute Gasteiger partial charge is 0.497 e. The van der Waals surface area contributed by atoms with Crippen molar-refractivity contribution in [2.75, 3.05) is 32.3 Å². The van der Waals surface area contributed by atoms with Gasteiger partial charge < -0.3 is 18.8 Å². The lowest BCUT2D eigenvalue weighted by atomic mass is 9.88. The van der Waals surface area contributed by atoms with Crippen molar-refractivity contribution in [1.29, 1.82) is 0 Å². The summed E-state index contributed by atoms with van der Waals surface area (Å²) in [5.41, 5.74) is 2.27. The molecule has 0 N–H and O–H groups in total. The summed E-state index contributed by atoms with van der Waals surface area (Å²) in [6.45, 7) is 4.45. The third-order valence-corrected chi connectivity index (χ3v) is 5.98. The molecule has 2 heterocycles. The van der Waals surface area contributed by atoms with Crippen LogP contribution in [0.25, 0.3) is 11.0 Å². The van der Waals surface area contributed by atoms with E-state index in [-0.39, 0.29) is 12.5 Å². The molecule has 0 aliphatic carbocycles. The summed E-state index contributed by atoms with van der Waals surface area (Å²) in [5.74, 6) is -0.284. The molecule has 0 radical (unpaired) electrons. The SMILES string of the molecule is CCCCN1C(=O)[C@H](C(=O)OCC)[C@@H](c2ccc(OC)cc2OC)n2c1nc1ccccc12. The highest BCUT2D eigenvalue weighted by molar-refractivity contribution is 6.08. The van der Waals surface area contributed by atoms with Gasteiger partial charge in [-0.15, -0.1) is 0 Å². The van der Waals surface area contributed by atoms with E-state index in [1.807, 2.05) is 34.9 Å². The maximum Gasteiger partial charge on any atom is 0.321 e. The molecule has 1 aliphatic rings. The number of carbonyl (C=O) groups excluding carboxylic acids is 2. The highest BCUT2D eigenvalue weighted by atomic mass is 16.5. The molecule has 4 rings (SSSR count). The van der Waals surface area contributed by atoms with Crippen LogP contribution >= 0.6 is 0 Å². The summed E-state index contributed by atoms with van der Waals surface area (Å²) in [7, 11) is 3.13. The van der Waals surface area contributed by atoms with E-state index in [4.69, 9.17) is 19.2 Å². The number of ether oxygens (including phenoxy) is 3. The average molecular weight is 452 g/mol. The highest BCUT2D eigenvalue weighted by Crippen LogP contribution is 2.44. The second-order valence-electron chi connectivity index (χ2n) is 7.90. The van der Waals surface area contributed by atoms with Crippen molar-refractivity contribution < 1.29 is 23.8 Å². The standard InChI is InChI=1S/C25H29N3O5/c1-5-7-14-27-23(29)21(24(30)33-6-2)22(17-13-12-16(31-3)15-20(17)32-4)28-19-11-9-8-10-18(19)26-25(27)28/h8-13,15,21-22H,5-7,14H2,1-4H3/t21-,22-/m1/s1. The van der Waals surface area contributed by atoms with Gasteiger partial charge >= 0.3 is 5.97 Å². The number of esters is 1. The smallest absolute Gasteiger partial charge is 0.321 e. The predicted molar refractivity (Wildman–Crippen MR) is 125 cm³/mol. The van der Waals surface area contributed by atoms with Crippen molar-refractivity contribution in [3.8, 4) is 11.5 Å². The molecule has 0 saturated heterocycles. The molecular formula is C25H29N3O5. The first kappa shape index (κ1) is 22.6. The third kappa shape index (κ3) is 3.90. The number of nitrogens with zero attached hydrogens (tertiary/aromatic N) is 3. The summed E-state index contributed by atoms with van der Waals surface area (Å²) in [6.07, 6.45) is 1.70. The van der Waals surface area contributed by atoms with E-state index < -0.39 is 17.9 Å². The number of unbranched alkanes of at least 4 members (excludes halogenated alkanes) is 1. The number of hydrogen-bond acceptors (Lipinski definition) is 6. The van der Waals surface area contributed by atoms with Crippen molar-refractivity contribution in [3.05, 3.63) is 48.0 Å². The number of hydrogen-bond donors (Lipinski definition) is 0. The number of fused-ring (bicyclic) bond motifs is 3. The van der Waals surface area contributed by atoms with Crippen LogP contribution in [-0.2, 0) is 14.3 Å². The number of para-hydroxylation sites is 2. The first-order valence-electron chi connectivity index (χ1n) is 11.2. The highest BCUT2D eigenvalue weighted by Gasteiger charge is 2.48. The topological polar surface area (TPSA) is 82.9 Å². The Labute approximate surface area is 193 Å². The van der Waals surface area contributed by atoms with Gasteiger partial charge in [0, 0.05) is 18.2 Å². The van der Waals surface area contributed by atoms with E-state index >= 15 is 0 Å². The second-order valence-corrected chi connectivity index (χ2v) is 7.90. The molecule has 2 atom stereocenters. The van der Waals surface area contributed by atoms with Gasteiger partial charge in [0.1, 0.15) is 11.5 Å².